The summed E-state index contributed by atoms with van der Waals surface area (Å²) in [5.74, 6) is -2.63. The first-order valence-corrected chi connectivity index (χ1v) is 8.18. The van der Waals surface area contributed by atoms with Gasteiger partial charge in [-0.05, 0) is 37.0 Å². The molecular formula is C15H14B4ClFN2O3. The number of carboxylic acids is 1. The van der Waals surface area contributed by atoms with Crippen LogP contribution in [0.5, 0.6) is 0 Å². The van der Waals surface area contributed by atoms with E-state index in [9.17, 15) is 14.0 Å². The van der Waals surface area contributed by atoms with E-state index in [1.165, 1.54) is 6.07 Å². The van der Waals surface area contributed by atoms with Crippen LogP contribution in [0, 0.1) is 11.7 Å². The van der Waals surface area contributed by atoms with Gasteiger partial charge < -0.3 is 15.3 Å². The lowest BCUT2D eigenvalue weighted by molar-refractivity contribution is -0.140. The molecule has 0 unspecified atom stereocenters. The van der Waals surface area contributed by atoms with E-state index in [4.69, 9.17) is 48.1 Å². The van der Waals surface area contributed by atoms with Gasteiger partial charge in [-0.2, -0.15) is 0 Å². The maximum absolute atomic E-state index is 13.3. The number of hydrogen-bond donors (Lipinski definition) is 2. The van der Waals surface area contributed by atoms with Crippen molar-refractivity contribution in [2.75, 3.05) is 13.1 Å². The Morgan fingerprint density at radius 2 is 1.81 bits per heavy atom. The number of amides is 1. The van der Waals surface area contributed by atoms with E-state index >= 15 is 0 Å². The van der Waals surface area contributed by atoms with Crippen LogP contribution in [0.1, 0.15) is 23.2 Å². The van der Waals surface area contributed by atoms with Gasteiger partial charge in [0.1, 0.15) is 5.82 Å². The van der Waals surface area contributed by atoms with E-state index in [0.717, 1.165) is 17.0 Å². The predicted molar refractivity (Wildman–Crippen MR) is 99.3 cm³/mol. The molecule has 2 rings (SSSR count). The molecular weight excluding hydrogens is 354 g/mol. The minimum Gasteiger partial charge on any atom is -0.480 e. The number of nitrogens with one attached hydrogen (secondary N) is 1. The van der Waals surface area contributed by atoms with Gasteiger partial charge in [0.15, 0.2) is 0 Å². The second-order valence-electron chi connectivity index (χ2n) is 6.60. The van der Waals surface area contributed by atoms with Gasteiger partial charge in [-0.3, -0.25) is 9.59 Å². The van der Waals surface area contributed by atoms with Crippen molar-refractivity contribution in [2.24, 2.45) is 5.92 Å². The normalized spacial score (nSPS) is 19.8. The number of rotatable bonds is 5. The van der Waals surface area contributed by atoms with Crippen molar-refractivity contribution in [1.82, 2.24) is 10.2 Å². The molecule has 0 aliphatic carbocycles. The molecule has 1 aliphatic heterocycles. The Kier molecular flexibility index (Phi) is 6.18. The van der Waals surface area contributed by atoms with Crippen LogP contribution in [0.3, 0.4) is 0 Å². The van der Waals surface area contributed by atoms with Gasteiger partial charge in [-0.1, -0.05) is 22.3 Å². The number of carboxylic acid groups (broad SMARTS) is 1. The number of benzene rings is 1. The number of carbonyl (C=O) groups excluding carboxylic acids is 1. The second-order valence-corrected chi connectivity index (χ2v) is 7.04. The average Bonchev–Trinajstić information content (AvgIpc) is 2.46. The summed E-state index contributed by atoms with van der Waals surface area (Å²) < 4.78 is 13.3. The zero-order chi connectivity index (χ0) is 19.7. The second kappa shape index (κ2) is 7.69. The molecule has 1 amide bonds. The van der Waals surface area contributed by atoms with Crippen molar-refractivity contribution < 1.29 is 19.1 Å². The van der Waals surface area contributed by atoms with Crippen LogP contribution in [-0.2, 0) is 4.79 Å². The third-order valence-electron chi connectivity index (χ3n) is 4.21. The standard InChI is InChI=1S/C15H14B4ClFN2O3/c16-14(17)4-8(5-15(18,19)23(14)7-12(24)25)6-22-13(26)9-1-10(20)3-11(21)2-9/h1-3,8H,4-7H2,(H,22,26)(H,24,25). The lowest BCUT2D eigenvalue weighted by Crippen LogP contribution is -2.68. The van der Waals surface area contributed by atoms with Gasteiger partial charge in [0, 0.05) is 17.1 Å². The molecule has 0 spiro atoms. The van der Waals surface area contributed by atoms with Gasteiger partial charge in [0.05, 0.1) is 37.9 Å². The zero-order valence-corrected chi connectivity index (χ0v) is 14.7. The summed E-state index contributed by atoms with van der Waals surface area (Å²) in [6, 6.07) is 3.48. The quantitative estimate of drug-likeness (QED) is 0.718. The van der Waals surface area contributed by atoms with Crippen LogP contribution in [0.4, 0.5) is 4.39 Å². The lowest BCUT2D eigenvalue weighted by atomic mass is 9.45. The largest absolute Gasteiger partial charge is 0.480 e. The molecule has 1 saturated heterocycles. The van der Waals surface area contributed by atoms with Crippen molar-refractivity contribution in [3.8, 4) is 0 Å². The zero-order valence-electron chi connectivity index (χ0n) is 13.9. The fourth-order valence-corrected chi connectivity index (χ4v) is 3.42. The van der Waals surface area contributed by atoms with Crippen molar-refractivity contribution in [1.29, 1.82) is 0 Å². The number of nitrogens with zero attached hydrogens (tertiary/aromatic N) is 1. The summed E-state index contributed by atoms with van der Waals surface area (Å²) in [5.41, 5.74) is 0.0665. The monoisotopic (exact) mass is 368 g/mol. The summed E-state index contributed by atoms with van der Waals surface area (Å²) in [6.45, 7) is -0.388. The SMILES string of the molecule is [B]C1([B])CC(CNC(=O)c2cc(F)cc(Cl)c2)CC([B])([B])N1CC(=O)O. The average molecular weight is 368 g/mol. The van der Waals surface area contributed by atoms with Crippen molar-refractivity contribution >= 4 is 54.9 Å². The highest BCUT2D eigenvalue weighted by molar-refractivity contribution is 6.44. The molecule has 0 saturated carbocycles. The Morgan fingerprint density at radius 1 is 1.23 bits per heavy atom. The van der Waals surface area contributed by atoms with Crippen molar-refractivity contribution in [2.45, 2.75) is 23.5 Å². The smallest absolute Gasteiger partial charge is 0.317 e. The Balaban J connectivity index is 2.05. The number of piperidine rings is 1. The topological polar surface area (TPSA) is 69.6 Å². The molecule has 1 fully saturated rings. The van der Waals surface area contributed by atoms with Gasteiger partial charge in [-0.25, -0.2) is 4.39 Å². The molecule has 0 atom stereocenters. The Bertz CT molecular complexity index is 682. The van der Waals surface area contributed by atoms with Crippen LogP contribution < -0.4 is 5.32 Å². The van der Waals surface area contributed by atoms with E-state index in [2.05, 4.69) is 5.32 Å². The van der Waals surface area contributed by atoms with Gasteiger partial charge >= 0.3 is 5.97 Å². The third-order valence-corrected chi connectivity index (χ3v) is 4.42. The fraction of sp³-hybridized carbons (Fsp3) is 0.467. The van der Waals surface area contributed by atoms with Gasteiger partial charge in [0.25, 0.3) is 5.91 Å². The van der Waals surface area contributed by atoms with Crippen LogP contribution in [-0.4, -0.2) is 77.0 Å². The minimum atomic E-state index is -1.56. The first-order chi connectivity index (χ1) is 11.9. The molecule has 0 bridgehead atoms. The van der Waals surface area contributed by atoms with Gasteiger partial charge in [-0.15, -0.1) is 0 Å². The molecule has 2 N–H and O–H groups in total. The Morgan fingerprint density at radius 3 is 2.31 bits per heavy atom. The summed E-state index contributed by atoms with van der Waals surface area (Å²) in [5, 5.41) is 8.60. The molecule has 5 nitrogen and oxygen atoms in total. The summed E-state index contributed by atoms with van der Waals surface area (Å²) >= 11 is 5.74. The fourth-order valence-electron chi connectivity index (χ4n) is 3.20. The third kappa shape index (κ3) is 5.07. The Hall–Kier alpha value is -1.40. The highest BCUT2D eigenvalue weighted by Gasteiger charge is 2.44. The summed E-state index contributed by atoms with van der Waals surface area (Å²) in [7, 11) is 24.0. The number of carbonyl (C=O) groups is 2. The predicted octanol–water partition coefficient (Wildman–Crippen LogP) is -0.0129. The van der Waals surface area contributed by atoms with E-state index in [-0.39, 0.29) is 35.9 Å². The maximum atomic E-state index is 13.3. The highest BCUT2D eigenvalue weighted by atomic mass is 35.5. The molecule has 8 radical (unpaired) electrons. The molecule has 26 heavy (non-hydrogen) atoms. The number of hydrogen-bond acceptors (Lipinski definition) is 3. The summed E-state index contributed by atoms with van der Waals surface area (Å²) in [6.07, 6.45) is 0.307. The van der Waals surface area contributed by atoms with Crippen molar-refractivity contribution in [3.05, 3.63) is 34.6 Å². The molecule has 0 aromatic heterocycles. The number of aliphatic carboxylic acids is 1. The highest BCUT2D eigenvalue weighted by Crippen LogP contribution is 2.35. The first kappa shape index (κ1) is 20.9. The van der Waals surface area contributed by atoms with Crippen LogP contribution >= 0.6 is 11.6 Å². The maximum Gasteiger partial charge on any atom is 0.317 e. The molecule has 1 heterocycles. The molecule has 1 aromatic carbocycles. The molecule has 1 aliphatic rings. The van der Waals surface area contributed by atoms with Crippen LogP contribution in [0.15, 0.2) is 18.2 Å². The lowest BCUT2D eigenvalue weighted by Gasteiger charge is -2.57. The van der Waals surface area contributed by atoms with Crippen LogP contribution in [0.2, 0.25) is 5.02 Å². The summed E-state index contributed by atoms with van der Waals surface area (Å²) in [4.78, 5) is 24.3. The molecule has 1 aromatic rings. The van der Waals surface area contributed by atoms with E-state index in [0.29, 0.717) is 0 Å². The van der Waals surface area contributed by atoms with E-state index in [1.54, 1.807) is 0 Å². The molecule has 11 heteroatoms. The number of likely N-dealkylation sites (tertiary alicyclic amines) is 1. The van der Waals surface area contributed by atoms with Crippen molar-refractivity contribution in [3.63, 3.8) is 0 Å². The van der Waals surface area contributed by atoms with E-state index < -0.39 is 34.9 Å². The van der Waals surface area contributed by atoms with Crippen LogP contribution in [0.25, 0.3) is 0 Å². The first-order valence-electron chi connectivity index (χ1n) is 7.80. The number of halogens is 2. The van der Waals surface area contributed by atoms with E-state index in [1.807, 2.05) is 0 Å². The minimum absolute atomic E-state index is 0.0665. The molecule has 128 valence electrons. The van der Waals surface area contributed by atoms with Gasteiger partial charge in [0.2, 0.25) is 0 Å². The Labute approximate surface area is 161 Å².